The van der Waals surface area contributed by atoms with E-state index in [2.05, 4.69) is 6.92 Å². The highest BCUT2D eigenvalue weighted by atomic mass is 14.6. The first-order valence-corrected chi connectivity index (χ1v) is 5.34. The van der Waals surface area contributed by atoms with Gasteiger partial charge in [0.1, 0.15) is 0 Å². The van der Waals surface area contributed by atoms with Gasteiger partial charge in [0.25, 0.3) is 0 Å². The molecule has 0 bridgehead atoms. The molecule has 0 aromatic heterocycles. The molecule has 3 fully saturated rings. The van der Waals surface area contributed by atoms with E-state index in [1.165, 1.54) is 17.8 Å². The van der Waals surface area contributed by atoms with E-state index in [1.807, 2.05) is 0 Å². The number of fused-ring (bicyclic) bond motifs is 1. The van der Waals surface area contributed by atoms with Crippen LogP contribution in [0.4, 0.5) is 0 Å². The maximum atomic E-state index is 2.50. The number of rotatable bonds is 2. The lowest BCUT2D eigenvalue weighted by Gasteiger charge is -2.17. The molecule has 62 valence electrons. The lowest BCUT2D eigenvalue weighted by atomic mass is 9.88. The third-order valence-corrected chi connectivity index (χ3v) is 4.33. The second kappa shape index (κ2) is 2.02. The lowest BCUT2D eigenvalue weighted by Crippen LogP contribution is -2.08. The van der Waals surface area contributed by atoms with Crippen molar-refractivity contribution in [1.29, 1.82) is 0 Å². The minimum absolute atomic E-state index is 1.10. The molecule has 0 aromatic carbocycles. The molecule has 0 heteroatoms. The minimum Gasteiger partial charge on any atom is -0.0620 e. The van der Waals surface area contributed by atoms with E-state index < -0.39 is 0 Å². The van der Waals surface area contributed by atoms with Gasteiger partial charge in [0.15, 0.2) is 0 Å². The molecule has 3 aliphatic carbocycles. The van der Waals surface area contributed by atoms with Crippen molar-refractivity contribution in [2.75, 3.05) is 0 Å². The smallest absolute Gasteiger partial charge is 0.0354 e. The van der Waals surface area contributed by atoms with Gasteiger partial charge in [0.2, 0.25) is 0 Å². The monoisotopic (exact) mass is 150 g/mol. The van der Waals surface area contributed by atoms with Crippen molar-refractivity contribution in [1.82, 2.24) is 0 Å². The van der Waals surface area contributed by atoms with Crippen molar-refractivity contribution in [3.63, 3.8) is 0 Å². The van der Waals surface area contributed by atoms with Crippen molar-refractivity contribution in [2.45, 2.75) is 39.0 Å². The second-order valence-corrected chi connectivity index (χ2v) is 5.19. The molecule has 0 N–H and O–H groups in total. The summed E-state index contributed by atoms with van der Waals surface area (Å²) in [7, 11) is 0. The highest BCUT2D eigenvalue weighted by molar-refractivity contribution is 5.01. The highest BCUT2D eigenvalue weighted by Gasteiger charge is 2.51. The molecule has 4 atom stereocenters. The van der Waals surface area contributed by atoms with Crippen LogP contribution in [-0.4, -0.2) is 0 Å². The van der Waals surface area contributed by atoms with Crippen LogP contribution < -0.4 is 0 Å². The zero-order valence-corrected chi connectivity index (χ0v) is 7.42. The zero-order chi connectivity index (χ0) is 7.42. The summed E-state index contributed by atoms with van der Waals surface area (Å²) in [6.45, 7) is 2.50. The third kappa shape index (κ3) is 1.02. The van der Waals surface area contributed by atoms with Crippen molar-refractivity contribution in [3.05, 3.63) is 0 Å². The van der Waals surface area contributed by atoms with Gasteiger partial charge in [-0.25, -0.2) is 0 Å². The summed E-state index contributed by atoms with van der Waals surface area (Å²) in [5.41, 5.74) is 0. The Hall–Kier alpha value is 0. The summed E-state index contributed by atoms with van der Waals surface area (Å²) in [6.07, 6.45) is 7.88. The predicted molar refractivity (Wildman–Crippen MR) is 46.2 cm³/mol. The van der Waals surface area contributed by atoms with Gasteiger partial charge in [-0.15, -0.1) is 0 Å². The molecule has 4 unspecified atom stereocenters. The van der Waals surface area contributed by atoms with E-state index >= 15 is 0 Å². The first-order chi connectivity index (χ1) is 5.34. The summed E-state index contributed by atoms with van der Waals surface area (Å²) >= 11 is 0. The van der Waals surface area contributed by atoms with Gasteiger partial charge < -0.3 is 0 Å². The molecule has 3 saturated carbocycles. The van der Waals surface area contributed by atoms with E-state index in [-0.39, 0.29) is 0 Å². The SMILES string of the molecule is CC1C(CC2CC2)CC2CC21. The zero-order valence-electron chi connectivity index (χ0n) is 7.42. The van der Waals surface area contributed by atoms with Gasteiger partial charge in [0, 0.05) is 0 Å². The first-order valence-electron chi connectivity index (χ1n) is 5.34. The fourth-order valence-electron chi connectivity index (χ4n) is 3.23. The van der Waals surface area contributed by atoms with E-state index in [0.29, 0.717) is 0 Å². The molecule has 11 heavy (non-hydrogen) atoms. The second-order valence-electron chi connectivity index (χ2n) is 5.19. The average Bonchev–Trinajstić information content (AvgIpc) is 2.80. The van der Waals surface area contributed by atoms with Gasteiger partial charge in [-0.1, -0.05) is 19.8 Å². The topological polar surface area (TPSA) is 0 Å². The quantitative estimate of drug-likeness (QED) is 0.567. The summed E-state index contributed by atoms with van der Waals surface area (Å²) in [5.74, 6) is 5.78. The van der Waals surface area contributed by atoms with E-state index in [9.17, 15) is 0 Å². The largest absolute Gasteiger partial charge is 0.0620 e. The molecule has 0 radical (unpaired) electrons. The van der Waals surface area contributed by atoms with Crippen LogP contribution in [0.5, 0.6) is 0 Å². The summed E-state index contributed by atoms with van der Waals surface area (Å²) < 4.78 is 0. The number of hydrogen-bond acceptors (Lipinski definition) is 0. The lowest BCUT2D eigenvalue weighted by molar-refractivity contribution is 0.326. The Kier molecular flexibility index (Phi) is 1.20. The summed E-state index contributed by atoms with van der Waals surface area (Å²) in [4.78, 5) is 0. The molecule has 0 aliphatic heterocycles. The molecule has 0 amide bonds. The fraction of sp³-hybridized carbons (Fsp3) is 1.00. The van der Waals surface area contributed by atoms with Gasteiger partial charge in [-0.2, -0.15) is 0 Å². The van der Waals surface area contributed by atoms with Crippen LogP contribution in [-0.2, 0) is 0 Å². The van der Waals surface area contributed by atoms with E-state index in [0.717, 1.165) is 11.8 Å². The molecular weight excluding hydrogens is 132 g/mol. The highest BCUT2D eigenvalue weighted by Crippen LogP contribution is 2.60. The van der Waals surface area contributed by atoms with Gasteiger partial charge in [-0.3, -0.25) is 0 Å². The van der Waals surface area contributed by atoms with Crippen LogP contribution in [0.3, 0.4) is 0 Å². The molecule has 0 heterocycles. The van der Waals surface area contributed by atoms with Gasteiger partial charge in [0.05, 0.1) is 0 Å². The van der Waals surface area contributed by atoms with Gasteiger partial charge in [-0.05, 0) is 48.9 Å². The fourth-order valence-corrected chi connectivity index (χ4v) is 3.23. The molecular formula is C11H18. The van der Waals surface area contributed by atoms with Gasteiger partial charge >= 0.3 is 0 Å². The molecule has 0 aromatic rings. The molecule has 0 nitrogen and oxygen atoms in total. The Morgan fingerprint density at radius 1 is 1.18 bits per heavy atom. The van der Waals surface area contributed by atoms with Crippen LogP contribution >= 0.6 is 0 Å². The van der Waals surface area contributed by atoms with E-state index in [1.54, 1.807) is 32.1 Å². The summed E-state index contributed by atoms with van der Waals surface area (Å²) in [5, 5.41) is 0. The maximum Gasteiger partial charge on any atom is -0.0354 e. The molecule has 3 aliphatic rings. The van der Waals surface area contributed by atoms with Crippen molar-refractivity contribution in [3.8, 4) is 0 Å². The Labute approximate surface area is 69.4 Å². The molecule has 3 rings (SSSR count). The normalized spacial score (nSPS) is 54.3. The van der Waals surface area contributed by atoms with Crippen molar-refractivity contribution >= 4 is 0 Å². The summed E-state index contributed by atoms with van der Waals surface area (Å²) in [6, 6.07) is 0. The predicted octanol–water partition coefficient (Wildman–Crippen LogP) is 3.08. The standard InChI is InChI=1S/C11H18/c1-7-9(4-8-2-3-8)5-10-6-11(7)10/h7-11H,2-6H2,1H3. The molecule has 0 saturated heterocycles. The average molecular weight is 150 g/mol. The van der Waals surface area contributed by atoms with E-state index in [4.69, 9.17) is 0 Å². The Morgan fingerprint density at radius 3 is 2.55 bits per heavy atom. The Balaban J connectivity index is 1.61. The third-order valence-electron chi connectivity index (χ3n) is 4.33. The first kappa shape index (κ1) is 6.51. The van der Waals surface area contributed by atoms with Crippen LogP contribution in [0.15, 0.2) is 0 Å². The number of hydrogen-bond donors (Lipinski definition) is 0. The van der Waals surface area contributed by atoms with Crippen LogP contribution in [0.25, 0.3) is 0 Å². The maximum absolute atomic E-state index is 2.50. The Morgan fingerprint density at radius 2 is 2.00 bits per heavy atom. The van der Waals surface area contributed by atoms with Crippen molar-refractivity contribution in [2.24, 2.45) is 29.6 Å². The van der Waals surface area contributed by atoms with Crippen molar-refractivity contribution < 1.29 is 0 Å². The Bertz CT molecular complexity index is 169. The molecule has 0 spiro atoms. The minimum atomic E-state index is 1.10. The van der Waals surface area contributed by atoms with Crippen LogP contribution in [0, 0.1) is 29.6 Å². The van der Waals surface area contributed by atoms with Crippen LogP contribution in [0.1, 0.15) is 39.0 Å². The van der Waals surface area contributed by atoms with Crippen LogP contribution in [0.2, 0.25) is 0 Å².